The number of unbranched alkanes of at least 4 members (excludes halogenated alkanes) is 1. The number of sulfone groups is 1. The van der Waals surface area contributed by atoms with Crippen molar-refractivity contribution in [1.29, 1.82) is 0 Å². The topological polar surface area (TPSA) is 171 Å². The number of Topliss-reactive ketones (excluding diaryl/α,β-unsaturated/α-hetero) is 1. The lowest BCUT2D eigenvalue weighted by Gasteiger charge is -2.43. The van der Waals surface area contributed by atoms with E-state index in [0.717, 1.165) is 25.7 Å². The zero-order valence-corrected chi connectivity index (χ0v) is 30.5. The van der Waals surface area contributed by atoms with E-state index in [1.807, 2.05) is 27.7 Å². The second kappa shape index (κ2) is 14.5. The van der Waals surface area contributed by atoms with Gasteiger partial charge in [-0.2, -0.15) is 0 Å². The minimum atomic E-state index is -3.35. The molecule has 5 amide bonds. The highest BCUT2D eigenvalue weighted by atomic mass is 32.2. The van der Waals surface area contributed by atoms with Gasteiger partial charge >= 0.3 is 6.03 Å². The zero-order valence-electron chi connectivity index (χ0n) is 29.7. The molecule has 0 bridgehead atoms. The van der Waals surface area contributed by atoms with Crippen molar-refractivity contribution in [2.75, 3.05) is 18.8 Å². The average molecular weight is 692 g/mol. The van der Waals surface area contributed by atoms with Gasteiger partial charge in [0.1, 0.15) is 12.1 Å². The molecular weight excluding hydrogens is 634 g/mol. The number of amides is 5. The lowest BCUT2D eigenvalue weighted by molar-refractivity contribution is -0.145. The smallest absolute Gasteiger partial charge is 0.315 e. The molecule has 12 nitrogen and oxygen atoms in total. The number of nitrogens with one attached hydrogen (secondary N) is 4. The van der Waals surface area contributed by atoms with E-state index in [0.29, 0.717) is 38.6 Å². The van der Waals surface area contributed by atoms with Crippen LogP contribution in [0.5, 0.6) is 0 Å². The largest absolute Gasteiger partial charge is 0.346 e. The summed E-state index contributed by atoms with van der Waals surface area (Å²) >= 11 is 0. The van der Waals surface area contributed by atoms with Gasteiger partial charge in [-0.3, -0.25) is 19.2 Å². The van der Waals surface area contributed by atoms with E-state index in [9.17, 15) is 32.4 Å². The second-order valence-electron chi connectivity index (χ2n) is 16.1. The zero-order chi connectivity index (χ0) is 35.7. The van der Waals surface area contributed by atoms with Gasteiger partial charge in [-0.25, -0.2) is 13.2 Å². The van der Waals surface area contributed by atoms with Crippen LogP contribution in [0.2, 0.25) is 0 Å². The van der Waals surface area contributed by atoms with Crippen LogP contribution < -0.4 is 21.3 Å². The van der Waals surface area contributed by atoms with Crippen molar-refractivity contribution in [3.05, 3.63) is 12.7 Å². The number of nitrogens with zero attached hydrogens (tertiary/aromatic N) is 1. The van der Waals surface area contributed by atoms with Gasteiger partial charge in [0, 0.05) is 13.1 Å². The SMILES string of the molecule is C=CCNC(=O)C(=O)[C@H](CCCC)NC(=O)[C@@H]1[C@@H]2[C@H](CN1C(=O)[C@@H](NC(=O)NC1([C@@H]3CCCS3(=O)=O)CCCCC1)C(C)(C)C)C2(C)C. The fourth-order valence-electron chi connectivity index (χ4n) is 8.49. The Bertz CT molecular complexity index is 1380. The van der Waals surface area contributed by atoms with Gasteiger partial charge in [-0.1, -0.05) is 79.7 Å². The van der Waals surface area contributed by atoms with Crippen LogP contribution >= 0.6 is 0 Å². The summed E-state index contributed by atoms with van der Waals surface area (Å²) in [6, 6.07) is -3.53. The number of urea groups is 1. The Kier molecular flexibility index (Phi) is 11.4. The first-order chi connectivity index (χ1) is 22.4. The quantitative estimate of drug-likeness (QED) is 0.170. The highest BCUT2D eigenvalue weighted by Gasteiger charge is 2.70. The molecule has 0 aromatic carbocycles. The summed E-state index contributed by atoms with van der Waals surface area (Å²) in [5.74, 6) is -2.41. The lowest BCUT2D eigenvalue weighted by Crippen LogP contribution is -2.65. The van der Waals surface area contributed by atoms with Crippen molar-refractivity contribution in [2.45, 2.75) is 135 Å². The number of fused-ring (bicyclic) bond motifs is 1. The van der Waals surface area contributed by atoms with Crippen LogP contribution in [-0.4, -0.2) is 90.6 Å². The molecule has 0 aromatic rings. The highest BCUT2D eigenvalue weighted by molar-refractivity contribution is 7.92. The first kappa shape index (κ1) is 37.9. The van der Waals surface area contributed by atoms with Crippen molar-refractivity contribution in [3.63, 3.8) is 0 Å². The molecule has 48 heavy (non-hydrogen) atoms. The molecule has 2 heterocycles. The summed E-state index contributed by atoms with van der Waals surface area (Å²) < 4.78 is 26.1. The molecule has 0 unspecified atom stereocenters. The first-order valence-corrected chi connectivity index (χ1v) is 19.5. The Morgan fingerprint density at radius 3 is 2.25 bits per heavy atom. The van der Waals surface area contributed by atoms with Gasteiger partial charge in [0.15, 0.2) is 9.84 Å². The Hall–Kier alpha value is -2.96. The summed E-state index contributed by atoms with van der Waals surface area (Å²) in [5.41, 5.74) is -1.84. The third-order valence-corrected chi connectivity index (χ3v) is 13.7. The van der Waals surface area contributed by atoms with Crippen LogP contribution in [0.15, 0.2) is 12.7 Å². The molecule has 6 atom stereocenters. The maximum atomic E-state index is 14.4. The number of likely N-dealkylation sites (tertiary alicyclic amines) is 1. The molecule has 4 aliphatic rings. The molecule has 2 aliphatic heterocycles. The molecule has 0 aromatic heterocycles. The Morgan fingerprint density at radius 1 is 1.02 bits per heavy atom. The monoisotopic (exact) mass is 691 g/mol. The van der Waals surface area contributed by atoms with Crippen LogP contribution in [0.1, 0.15) is 106 Å². The van der Waals surface area contributed by atoms with Crippen LogP contribution in [-0.2, 0) is 29.0 Å². The molecule has 4 rings (SSSR count). The second-order valence-corrected chi connectivity index (χ2v) is 18.4. The molecule has 2 aliphatic carbocycles. The Labute approximate surface area is 286 Å². The molecule has 270 valence electrons. The van der Waals surface area contributed by atoms with Crippen molar-refractivity contribution in [1.82, 2.24) is 26.2 Å². The van der Waals surface area contributed by atoms with Gasteiger partial charge in [-0.15, -0.1) is 6.58 Å². The lowest BCUT2D eigenvalue weighted by atomic mass is 9.78. The van der Waals surface area contributed by atoms with E-state index in [2.05, 4.69) is 41.7 Å². The minimum absolute atomic E-state index is 0.0606. The van der Waals surface area contributed by atoms with Crippen molar-refractivity contribution in [3.8, 4) is 0 Å². The van der Waals surface area contributed by atoms with Crippen LogP contribution in [0.3, 0.4) is 0 Å². The molecule has 0 spiro atoms. The molecular formula is C35H57N5O7S. The summed E-state index contributed by atoms with van der Waals surface area (Å²) in [7, 11) is -3.35. The van der Waals surface area contributed by atoms with E-state index < -0.39 is 73.7 Å². The van der Waals surface area contributed by atoms with Gasteiger partial charge in [0.25, 0.3) is 5.91 Å². The number of ketones is 1. The molecule has 4 fully saturated rings. The van der Waals surface area contributed by atoms with E-state index in [-0.39, 0.29) is 36.0 Å². The third-order valence-electron chi connectivity index (χ3n) is 11.3. The first-order valence-electron chi connectivity index (χ1n) is 17.8. The van der Waals surface area contributed by atoms with E-state index >= 15 is 0 Å². The summed E-state index contributed by atoms with van der Waals surface area (Å²) in [5, 5.41) is 10.6. The number of carbonyl (C=O) groups excluding carboxylic acids is 5. The third kappa shape index (κ3) is 7.75. The highest BCUT2D eigenvalue weighted by Crippen LogP contribution is 2.65. The number of carbonyl (C=O) groups is 5. The molecule has 4 N–H and O–H groups in total. The van der Waals surface area contributed by atoms with E-state index in [4.69, 9.17) is 0 Å². The number of hydrogen-bond acceptors (Lipinski definition) is 7. The summed E-state index contributed by atoms with van der Waals surface area (Å²) in [4.78, 5) is 69.4. The van der Waals surface area contributed by atoms with Gasteiger partial charge in [0.05, 0.1) is 22.6 Å². The predicted molar refractivity (Wildman–Crippen MR) is 183 cm³/mol. The van der Waals surface area contributed by atoms with Crippen molar-refractivity contribution < 1.29 is 32.4 Å². The summed E-state index contributed by atoms with van der Waals surface area (Å²) in [6.07, 6.45) is 7.93. The van der Waals surface area contributed by atoms with E-state index in [1.165, 1.54) is 11.0 Å². The maximum Gasteiger partial charge on any atom is 0.315 e. The van der Waals surface area contributed by atoms with Crippen molar-refractivity contribution in [2.24, 2.45) is 22.7 Å². The van der Waals surface area contributed by atoms with Crippen molar-refractivity contribution >= 4 is 39.4 Å². The minimum Gasteiger partial charge on any atom is -0.346 e. The van der Waals surface area contributed by atoms with Gasteiger partial charge in [0.2, 0.25) is 17.6 Å². The molecule has 13 heteroatoms. The normalized spacial score (nSPS) is 27.9. The Balaban J connectivity index is 1.55. The summed E-state index contributed by atoms with van der Waals surface area (Å²) in [6.45, 7) is 15.6. The molecule has 0 radical (unpaired) electrons. The number of hydrogen-bond donors (Lipinski definition) is 4. The fourth-order valence-corrected chi connectivity index (χ4v) is 10.8. The Morgan fingerprint density at radius 2 is 1.69 bits per heavy atom. The number of rotatable bonds is 13. The fraction of sp³-hybridized carbons (Fsp3) is 0.800. The van der Waals surface area contributed by atoms with Gasteiger partial charge < -0.3 is 26.2 Å². The van der Waals surface area contributed by atoms with Crippen LogP contribution in [0, 0.1) is 22.7 Å². The van der Waals surface area contributed by atoms with Crippen LogP contribution in [0.4, 0.5) is 4.79 Å². The standard InChI is InChI=1S/C35H57N5O7S/c1-8-10-15-23(27(41)30(43)36-19-9-2)37-29(42)26-25-22(34(25,6)7)21-40(26)31(44)28(33(3,4)5)38-32(45)39-35(17-12-11-13-18-35)24-16-14-20-48(24,46)47/h9,22-26,28H,2,8,10-21H2,1,3-7H3,(H,36,43)(H,37,42)(H2,38,39,45)/t22-,23-,24-,25-,26-,28+/m0/s1. The maximum absolute atomic E-state index is 14.4. The van der Waals surface area contributed by atoms with Gasteiger partial charge in [-0.05, 0) is 54.8 Å². The van der Waals surface area contributed by atoms with E-state index in [1.54, 1.807) is 0 Å². The average Bonchev–Trinajstić information content (AvgIpc) is 3.33. The predicted octanol–water partition coefficient (Wildman–Crippen LogP) is 3.01. The van der Waals surface area contributed by atoms with Crippen LogP contribution in [0.25, 0.3) is 0 Å². The molecule has 2 saturated carbocycles. The molecule has 2 saturated heterocycles. The number of piperidine rings is 1.